The first-order chi connectivity index (χ1) is 12.8. The number of primary sulfonamides is 1. The largest absolute Gasteiger partial charge is 0.352 e. The Balaban J connectivity index is 1.72. The molecule has 0 fully saturated rings. The Bertz CT molecular complexity index is 881. The number of carbonyl (C=O) groups excluding carboxylic acids is 2. The molecular formula is C19H23N3O4S. The molecule has 2 aromatic carbocycles. The van der Waals surface area contributed by atoms with Crippen LogP contribution in [0, 0.1) is 0 Å². The zero-order chi connectivity index (χ0) is 19.9. The average Bonchev–Trinajstić information content (AvgIpc) is 2.66. The van der Waals surface area contributed by atoms with Gasteiger partial charge in [0.15, 0.2) is 0 Å². The van der Waals surface area contributed by atoms with Crippen LogP contribution in [-0.2, 0) is 26.2 Å². The van der Waals surface area contributed by atoms with E-state index in [1.807, 2.05) is 30.3 Å². The van der Waals surface area contributed by atoms with E-state index in [0.717, 1.165) is 11.3 Å². The summed E-state index contributed by atoms with van der Waals surface area (Å²) in [6.45, 7) is 0.279. The van der Waals surface area contributed by atoms with Crippen LogP contribution in [0.2, 0.25) is 0 Å². The Kier molecular flexibility index (Phi) is 7.09. The van der Waals surface area contributed by atoms with Crippen LogP contribution in [-0.4, -0.2) is 27.3 Å². The minimum atomic E-state index is -3.72. The summed E-state index contributed by atoms with van der Waals surface area (Å²) in [5, 5.41) is 7.79. The van der Waals surface area contributed by atoms with Crippen LogP contribution >= 0.6 is 0 Å². The molecular weight excluding hydrogens is 366 g/mol. The predicted molar refractivity (Wildman–Crippen MR) is 103 cm³/mol. The number of nitrogens with two attached hydrogens (primary N) is 1. The zero-order valence-electron chi connectivity index (χ0n) is 15.1. The number of nitrogens with one attached hydrogen (secondary N) is 1. The van der Waals surface area contributed by atoms with E-state index in [9.17, 15) is 18.0 Å². The van der Waals surface area contributed by atoms with Crippen molar-refractivity contribution in [2.24, 2.45) is 5.14 Å². The van der Waals surface area contributed by atoms with Crippen LogP contribution in [0.25, 0.3) is 0 Å². The molecule has 2 aromatic rings. The molecule has 0 heterocycles. The number of anilines is 1. The fraction of sp³-hybridized carbons (Fsp3) is 0.263. The van der Waals surface area contributed by atoms with Crippen LogP contribution < -0.4 is 15.4 Å². The van der Waals surface area contributed by atoms with Crippen LogP contribution in [0.15, 0.2) is 59.5 Å². The van der Waals surface area contributed by atoms with Crippen molar-refractivity contribution >= 4 is 27.5 Å². The van der Waals surface area contributed by atoms with E-state index in [0.29, 0.717) is 6.42 Å². The van der Waals surface area contributed by atoms with Crippen molar-refractivity contribution in [3.63, 3.8) is 0 Å². The van der Waals surface area contributed by atoms with Crippen molar-refractivity contribution < 1.29 is 18.0 Å². The molecule has 0 aliphatic rings. The molecule has 0 aliphatic carbocycles. The lowest BCUT2D eigenvalue weighted by molar-refractivity contribution is -0.121. The summed E-state index contributed by atoms with van der Waals surface area (Å²) >= 11 is 0. The maximum absolute atomic E-state index is 12.2. The van der Waals surface area contributed by atoms with Gasteiger partial charge in [-0.2, -0.15) is 0 Å². The standard InChI is InChI=1S/C19H23N3O4S/c1-22(16-6-3-2-4-7-16)19(24)9-5-8-18(23)21-14-15-10-12-17(13-11-15)27(20,25)26/h2-4,6-7,10-13H,5,8-9,14H2,1H3,(H,21,23)(H2,20,25,26). The highest BCUT2D eigenvalue weighted by Gasteiger charge is 2.11. The van der Waals surface area contributed by atoms with E-state index in [2.05, 4.69) is 5.32 Å². The SMILES string of the molecule is CN(C(=O)CCCC(=O)NCc1ccc(S(N)(=O)=O)cc1)c1ccccc1. The smallest absolute Gasteiger partial charge is 0.238 e. The fourth-order valence-corrected chi connectivity index (χ4v) is 2.96. The number of para-hydroxylation sites is 1. The van der Waals surface area contributed by atoms with Gasteiger partial charge in [0, 0.05) is 32.1 Å². The average molecular weight is 389 g/mol. The van der Waals surface area contributed by atoms with Crippen LogP contribution in [0.1, 0.15) is 24.8 Å². The number of rotatable bonds is 8. The molecule has 2 amide bonds. The molecule has 0 aliphatic heterocycles. The maximum Gasteiger partial charge on any atom is 0.238 e. The number of amides is 2. The van der Waals surface area contributed by atoms with Crippen molar-refractivity contribution in [1.82, 2.24) is 5.32 Å². The van der Waals surface area contributed by atoms with E-state index < -0.39 is 10.0 Å². The summed E-state index contributed by atoms with van der Waals surface area (Å²) in [6.07, 6.45) is 0.970. The Morgan fingerprint density at radius 3 is 2.22 bits per heavy atom. The Morgan fingerprint density at radius 2 is 1.63 bits per heavy atom. The highest BCUT2D eigenvalue weighted by molar-refractivity contribution is 7.89. The van der Waals surface area contributed by atoms with Gasteiger partial charge in [-0.05, 0) is 36.2 Å². The summed E-state index contributed by atoms with van der Waals surface area (Å²) in [4.78, 5) is 25.7. The highest BCUT2D eigenvalue weighted by atomic mass is 32.2. The maximum atomic E-state index is 12.2. The van der Waals surface area contributed by atoms with Crippen molar-refractivity contribution in [2.45, 2.75) is 30.7 Å². The van der Waals surface area contributed by atoms with Crippen molar-refractivity contribution in [1.29, 1.82) is 0 Å². The van der Waals surface area contributed by atoms with Gasteiger partial charge in [-0.1, -0.05) is 30.3 Å². The second-order valence-electron chi connectivity index (χ2n) is 6.11. The van der Waals surface area contributed by atoms with Gasteiger partial charge >= 0.3 is 0 Å². The molecule has 0 bridgehead atoms. The van der Waals surface area contributed by atoms with Gasteiger partial charge < -0.3 is 10.2 Å². The van der Waals surface area contributed by atoms with Crippen LogP contribution in [0.4, 0.5) is 5.69 Å². The normalized spacial score (nSPS) is 11.0. The molecule has 0 aromatic heterocycles. The molecule has 3 N–H and O–H groups in total. The first-order valence-corrected chi connectivity index (χ1v) is 10.0. The lowest BCUT2D eigenvalue weighted by atomic mass is 10.2. The van der Waals surface area contributed by atoms with Gasteiger partial charge in [0.1, 0.15) is 0 Å². The summed E-state index contributed by atoms with van der Waals surface area (Å²) in [5.41, 5.74) is 1.57. The minimum absolute atomic E-state index is 0.0265. The minimum Gasteiger partial charge on any atom is -0.352 e. The summed E-state index contributed by atoms with van der Waals surface area (Å²) in [6, 6.07) is 15.3. The van der Waals surface area contributed by atoms with Gasteiger partial charge in [0.25, 0.3) is 0 Å². The second kappa shape index (κ2) is 9.29. The number of benzene rings is 2. The van der Waals surface area contributed by atoms with E-state index in [1.165, 1.54) is 12.1 Å². The second-order valence-corrected chi connectivity index (χ2v) is 7.67. The van der Waals surface area contributed by atoms with Gasteiger partial charge in [-0.25, -0.2) is 13.6 Å². The molecule has 0 radical (unpaired) electrons. The van der Waals surface area contributed by atoms with Crippen molar-refractivity contribution in [3.05, 3.63) is 60.2 Å². The van der Waals surface area contributed by atoms with Crippen LogP contribution in [0.3, 0.4) is 0 Å². The first-order valence-electron chi connectivity index (χ1n) is 8.47. The van der Waals surface area contributed by atoms with E-state index in [-0.39, 0.29) is 36.1 Å². The van der Waals surface area contributed by atoms with Gasteiger partial charge in [-0.15, -0.1) is 0 Å². The van der Waals surface area contributed by atoms with Crippen molar-refractivity contribution in [2.75, 3.05) is 11.9 Å². The molecule has 0 spiro atoms. The summed E-state index contributed by atoms with van der Waals surface area (Å²) in [5.74, 6) is -0.215. The number of carbonyl (C=O) groups is 2. The molecule has 0 saturated heterocycles. The topological polar surface area (TPSA) is 110 Å². The molecule has 8 heteroatoms. The van der Waals surface area contributed by atoms with Crippen molar-refractivity contribution in [3.8, 4) is 0 Å². The van der Waals surface area contributed by atoms with E-state index in [1.54, 1.807) is 24.1 Å². The van der Waals surface area contributed by atoms with Gasteiger partial charge in [0.2, 0.25) is 21.8 Å². The molecule has 2 rings (SSSR count). The Labute approximate surface area is 159 Å². The lowest BCUT2D eigenvalue weighted by Crippen LogP contribution is -2.27. The van der Waals surface area contributed by atoms with Gasteiger partial charge in [-0.3, -0.25) is 9.59 Å². The lowest BCUT2D eigenvalue weighted by Gasteiger charge is -2.17. The fourth-order valence-electron chi connectivity index (χ4n) is 2.45. The molecule has 0 unspecified atom stereocenters. The third-order valence-corrected chi connectivity index (χ3v) is 4.98. The summed E-state index contributed by atoms with van der Waals surface area (Å²) < 4.78 is 22.4. The van der Waals surface area contributed by atoms with E-state index in [4.69, 9.17) is 5.14 Å². The number of nitrogens with zero attached hydrogens (tertiary/aromatic N) is 1. The third kappa shape index (κ3) is 6.50. The number of hydrogen-bond acceptors (Lipinski definition) is 4. The molecule has 0 atom stereocenters. The number of sulfonamides is 1. The third-order valence-electron chi connectivity index (χ3n) is 4.05. The summed E-state index contributed by atoms with van der Waals surface area (Å²) in [7, 11) is -2.01. The predicted octanol–water partition coefficient (Wildman–Crippen LogP) is 1.78. The number of hydrogen-bond donors (Lipinski definition) is 2. The van der Waals surface area contributed by atoms with Gasteiger partial charge in [0.05, 0.1) is 4.90 Å². The first kappa shape index (κ1) is 20.6. The zero-order valence-corrected chi connectivity index (χ0v) is 15.9. The molecule has 27 heavy (non-hydrogen) atoms. The highest BCUT2D eigenvalue weighted by Crippen LogP contribution is 2.13. The molecule has 144 valence electrons. The quantitative estimate of drug-likeness (QED) is 0.717. The molecule has 0 saturated carbocycles. The molecule has 7 nitrogen and oxygen atoms in total. The Hall–Kier alpha value is -2.71. The van der Waals surface area contributed by atoms with Crippen LogP contribution in [0.5, 0.6) is 0 Å². The van der Waals surface area contributed by atoms with E-state index >= 15 is 0 Å². The Morgan fingerprint density at radius 1 is 1.00 bits per heavy atom. The monoisotopic (exact) mass is 389 g/mol.